The maximum atomic E-state index is 12.4. The highest BCUT2D eigenvalue weighted by Crippen LogP contribution is 2.49. The van der Waals surface area contributed by atoms with Gasteiger partial charge in [0.15, 0.2) is 5.78 Å². The van der Waals surface area contributed by atoms with Gasteiger partial charge in [0.2, 0.25) is 0 Å². The predicted molar refractivity (Wildman–Crippen MR) is 78.2 cm³/mol. The molecule has 0 N–H and O–H groups in total. The van der Waals surface area contributed by atoms with E-state index in [4.69, 9.17) is 0 Å². The molecular formula is C17H17NO. The molecule has 2 heteroatoms. The fourth-order valence-corrected chi connectivity index (χ4v) is 3.26. The van der Waals surface area contributed by atoms with Crippen molar-refractivity contribution in [3.8, 4) is 0 Å². The Bertz CT molecular complexity index is 586. The minimum absolute atomic E-state index is 0.202. The standard InChI is InChI=1S/C17H17NO/c1-2-5-13-6-3-7-14-8-4-9-16(19)15-10-11-18-12-17(13,14)15/h2-8,10-11,13H,9,12H2,1H3. The Balaban J connectivity index is 2.22. The third-order valence-corrected chi connectivity index (χ3v) is 4.15. The van der Waals surface area contributed by atoms with E-state index < -0.39 is 0 Å². The molecular weight excluding hydrogens is 234 g/mol. The average molecular weight is 251 g/mol. The Morgan fingerprint density at radius 2 is 2.32 bits per heavy atom. The molecule has 0 fully saturated rings. The number of allylic oxidation sites excluding steroid dienone is 8. The Hall–Kier alpha value is -1.96. The van der Waals surface area contributed by atoms with Crippen LogP contribution in [0.5, 0.6) is 0 Å². The summed E-state index contributed by atoms with van der Waals surface area (Å²) in [7, 11) is 0. The second-order valence-electron chi connectivity index (χ2n) is 5.13. The maximum absolute atomic E-state index is 12.4. The molecule has 3 rings (SSSR count). The van der Waals surface area contributed by atoms with Crippen LogP contribution in [0.4, 0.5) is 0 Å². The Labute approximate surface area is 113 Å². The number of aliphatic imine (C=N–C) groups is 1. The summed E-state index contributed by atoms with van der Waals surface area (Å²) in [6, 6.07) is 0. The van der Waals surface area contributed by atoms with E-state index >= 15 is 0 Å². The zero-order valence-electron chi connectivity index (χ0n) is 11.0. The van der Waals surface area contributed by atoms with E-state index in [9.17, 15) is 4.79 Å². The van der Waals surface area contributed by atoms with Gasteiger partial charge >= 0.3 is 0 Å². The van der Waals surface area contributed by atoms with Crippen LogP contribution in [-0.4, -0.2) is 18.5 Å². The summed E-state index contributed by atoms with van der Waals surface area (Å²) in [4.78, 5) is 16.8. The topological polar surface area (TPSA) is 29.4 Å². The molecule has 2 unspecified atom stereocenters. The number of hydrogen-bond acceptors (Lipinski definition) is 2. The number of nitrogens with zero attached hydrogens (tertiary/aromatic N) is 1. The molecule has 2 atom stereocenters. The van der Waals surface area contributed by atoms with E-state index in [2.05, 4.69) is 41.4 Å². The smallest absolute Gasteiger partial charge is 0.163 e. The van der Waals surface area contributed by atoms with Crippen molar-refractivity contribution in [2.24, 2.45) is 16.3 Å². The fraction of sp³-hybridized carbons (Fsp3) is 0.294. The van der Waals surface area contributed by atoms with Crippen LogP contribution < -0.4 is 0 Å². The monoisotopic (exact) mass is 251 g/mol. The summed E-state index contributed by atoms with van der Waals surface area (Å²) >= 11 is 0. The van der Waals surface area contributed by atoms with E-state index in [0.717, 1.165) is 5.57 Å². The van der Waals surface area contributed by atoms with Gasteiger partial charge < -0.3 is 0 Å². The third-order valence-electron chi connectivity index (χ3n) is 4.15. The van der Waals surface area contributed by atoms with Gasteiger partial charge in [-0.3, -0.25) is 9.79 Å². The Kier molecular flexibility index (Phi) is 2.94. The normalized spacial score (nSPS) is 32.7. The van der Waals surface area contributed by atoms with Gasteiger partial charge in [-0.2, -0.15) is 0 Å². The first-order valence-electron chi connectivity index (χ1n) is 6.71. The number of dihydropyridines is 1. The van der Waals surface area contributed by atoms with Crippen LogP contribution in [0.2, 0.25) is 0 Å². The van der Waals surface area contributed by atoms with Crippen molar-refractivity contribution in [3.05, 3.63) is 59.8 Å². The summed E-state index contributed by atoms with van der Waals surface area (Å²) in [6.07, 6.45) is 18.8. The molecule has 19 heavy (non-hydrogen) atoms. The van der Waals surface area contributed by atoms with E-state index in [-0.39, 0.29) is 17.1 Å². The van der Waals surface area contributed by atoms with Crippen molar-refractivity contribution in [1.82, 2.24) is 0 Å². The molecule has 0 saturated heterocycles. The van der Waals surface area contributed by atoms with Crippen LogP contribution >= 0.6 is 0 Å². The van der Waals surface area contributed by atoms with Gasteiger partial charge in [-0.25, -0.2) is 0 Å². The molecule has 0 saturated carbocycles. The van der Waals surface area contributed by atoms with Crippen LogP contribution in [0.15, 0.2) is 64.7 Å². The molecule has 1 heterocycles. The van der Waals surface area contributed by atoms with Gasteiger partial charge in [-0.1, -0.05) is 42.5 Å². The zero-order valence-corrected chi connectivity index (χ0v) is 11.0. The number of hydrogen-bond donors (Lipinski definition) is 0. The first-order chi connectivity index (χ1) is 9.29. The quantitative estimate of drug-likeness (QED) is 0.658. The summed E-state index contributed by atoms with van der Waals surface area (Å²) in [5, 5.41) is 0. The lowest BCUT2D eigenvalue weighted by Gasteiger charge is -2.42. The van der Waals surface area contributed by atoms with Crippen molar-refractivity contribution in [3.63, 3.8) is 0 Å². The summed E-state index contributed by atoms with van der Waals surface area (Å²) < 4.78 is 0. The van der Waals surface area contributed by atoms with Crippen molar-refractivity contribution in [2.45, 2.75) is 13.3 Å². The van der Waals surface area contributed by atoms with Crippen molar-refractivity contribution >= 4 is 12.0 Å². The Morgan fingerprint density at radius 1 is 1.42 bits per heavy atom. The highest BCUT2D eigenvalue weighted by atomic mass is 16.1. The molecule has 0 aromatic rings. The summed E-state index contributed by atoms with van der Waals surface area (Å²) in [5.41, 5.74) is 1.82. The van der Waals surface area contributed by atoms with Crippen LogP contribution in [0, 0.1) is 11.3 Å². The zero-order chi connectivity index (χ0) is 13.3. The van der Waals surface area contributed by atoms with E-state index in [1.165, 1.54) is 5.57 Å². The third kappa shape index (κ3) is 1.71. The largest absolute Gasteiger partial charge is 0.294 e. The van der Waals surface area contributed by atoms with Crippen molar-refractivity contribution in [1.29, 1.82) is 0 Å². The van der Waals surface area contributed by atoms with E-state index in [0.29, 0.717) is 13.0 Å². The molecule has 96 valence electrons. The van der Waals surface area contributed by atoms with Crippen LogP contribution in [-0.2, 0) is 4.79 Å². The summed E-state index contributed by atoms with van der Waals surface area (Å²) in [6.45, 7) is 2.67. The lowest BCUT2D eigenvalue weighted by molar-refractivity contribution is -0.115. The molecule has 1 aliphatic heterocycles. The predicted octanol–water partition coefficient (Wildman–Crippen LogP) is 3.20. The highest BCUT2D eigenvalue weighted by Gasteiger charge is 2.46. The maximum Gasteiger partial charge on any atom is 0.163 e. The number of carbonyl (C=O) groups excluding carboxylic acids is 1. The second-order valence-corrected chi connectivity index (χ2v) is 5.13. The minimum Gasteiger partial charge on any atom is -0.294 e. The molecule has 0 aromatic carbocycles. The van der Waals surface area contributed by atoms with Crippen LogP contribution in [0.25, 0.3) is 0 Å². The van der Waals surface area contributed by atoms with E-state index in [1.807, 2.05) is 19.1 Å². The van der Waals surface area contributed by atoms with Gasteiger partial charge in [0, 0.05) is 24.1 Å². The number of rotatable bonds is 1. The van der Waals surface area contributed by atoms with Gasteiger partial charge in [-0.05, 0) is 18.6 Å². The highest BCUT2D eigenvalue weighted by molar-refractivity contribution is 6.03. The molecule has 2 aliphatic carbocycles. The lowest BCUT2D eigenvalue weighted by Crippen LogP contribution is -2.40. The molecule has 0 bridgehead atoms. The van der Waals surface area contributed by atoms with Gasteiger partial charge in [0.25, 0.3) is 0 Å². The SMILES string of the molecule is CC=CC1C=CC=C2C=CCC(=O)C3=CC=NCC231. The molecule has 1 spiro atoms. The number of Topliss-reactive ketones (excluding diaryl/α,β-unsaturated/α-hetero) is 1. The minimum atomic E-state index is -0.292. The van der Waals surface area contributed by atoms with Gasteiger partial charge in [0.05, 0.1) is 12.0 Å². The molecule has 0 amide bonds. The lowest BCUT2D eigenvalue weighted by atomic mass is 9.61. The van der Waals surface area contributed by atoms with Gasteiger partial charge in [-0.15, -0.1) is 0 Å². The second kappa shape index (κ2) is 4.61. The molecule has 3 aliphatic rings. The van der Waals surface area contributed by atoms with Gasteiger partial charge in [0.1, 0.15) is 0 Å². The Morgan fingerprint density at radius 3 is 3.16 bits per heavy atom. The van der Waals surface area contributed by atoms with Crippen LogP contribution in [0.1, 0.15) is 13.3 Å². The van der Waals surface area contributed by atoms with E-state index in [1.54, 1.807) is 6.21 Å². The summed E-state index contributed by atoms with van der Waals surface area (Å²) in [5.74, 6) is 0.420. The first kappa shape index (κ1) is 12.1. The fourth-order valence-electron chi connectivity index (χ4n) is 3.26. The van der Waals surface area contributed by atoms with Crippen LogP contribution in [0.3, 0.4) is 0 Å². The molecule has 0 radical (unpaired) electrons. The number of carbonyl (C=O) groups is 1. The first-order valence-corrected chi connectivity index (χ1v) is 6.71. The number of ketones is 1. The molecule has 0 aromatic heterocycles. The average Bonchev–Trinajstić information content (AvgIpc) is 2.57. The van der Waals surface area contributed by atoms with Crippen molar-refractivity contribution < 1.29 is 4.79 Å². The van der Waals surface area contributed by atoms with Crippen molar-refractivity contribution in [2.75, 3.05) is 6.54 Å². The molecule has 2 nitrogen and oxygen atoms in total.